The van der Waals surface area contributed by atoms with E-state index in [0.717, 1.165) is 24.2 Å². The molecule has 0 N–H and O–H groups in total. The summed E-state index contributed by atoms with van der Waals surface area (Å²) in [5, 5.41) is 3.87. The average Bonchev–Trinajstić information content (AvgIpc) is 2.71. The summed E-state index contributed by atoms with van der Waals surface area (Å²) in [6, 6.07) is 0. The first kappa shape index (κ1) is 8.41. The van der Waals surface area contributed by atoms with Crippen molar-refractivity contribution in [2.45, 2.75) is 25.7 Å². The maximum absolute atomic E-state index is 5.27. The molecule has 2 aliphatic heterocycles. The average molecular weight is 193 g/mol. The van der Waals surface area contributed by atoms with E-state index in [1.165, 1.54) is 25.9 Å². The van der Waals surface area contributed by atoms with Crippen LogP contribution in [-0.2, 0) is 0 Å². The molecule has 0 amide bonds. The number of rotatable bonds is 1. The summed E-state index contributed by atoms with van der Waals surface area (Å²) >= 11 is 0. The number of aromatic nitrogens is 2. The Balaban J connectivity index is 1.85. The molecule has 14 heavy (non-hydrogen) atoms. The quantitative estimate of drug-likeness (QED) is 0.671. The van der Waals surface area contributed by atoms with Gasteiger partial charge >= 0.3 is 0 Å². The van der Waals surface area contributed by atoms with Gasteiger partial charge in [0.15, 0.2) is 5.82 Å². The van der Waals surface area contributed by atoms with Crippen molar-refractivity contribution in [1.29, 1.82) is 0 Å². The molecule has 76 valence electrons. The Hall–Kier alpha value is -0.900. The third-order valence-electron chi connectivity index (χ3n) is 3.43. The fourth-order valence-electron chi connectivity index (χ4n) is 2.76. The van der Waals surface area contributed by atoms with Crippen molar-refractivity contribution in [3.8, 4) is 0 Å². The largest absolute Gasteiger partial charge is 0.339 e. The summed E-state index contributed by atoms with van der Waals surface area (Å²) < 4.78 is 5.27. The van der Waals surface area contributed by atoms with E-state index in [1.807, 2.05) is 6.92 Å². The molecule has 3 heterocycles. The van der Waals surface area contributed by atoms with Crippen molar-refractivity contribution in [3.05, 3.63) is 11.7 Å². The second-order valence-corrected chi connectivity index (χ2v) is 4.45. The zero-order valence-corrected chi connectivity index (χ0v) is 8.44. The van der Waals surface area contributed by atoms with E-state index in [4.69, 9.17) is 4.52 Å². The monoisotopic (exact) mass is 193 g/mol. The van der Waals surface area contributed by atoms with Crippen molar-refractivity contribution in [2.75, 3.05) is 19.6 Å². The molecule has 2 fully saturated rings. The highest BCUT2D eigenvalue weighted by molar-refractivity contribution is 5.03. The van der Waals surface area contributed by atoms with Crippen LogP contribution in [0.25, 0.3) is 0 Å². The third-order valence-corrected chi connectivity index (χ3v) is 3.43. The molecule has 3 rings (SSSR count). The minimum Gasteiger partial charge on any atom is -0.339 e. The zero-order valence-electron chi connectivity index (χ0n) is 8.44. The van der Waals surface area contributed by atoms with Crippen molar-refractivity contribution in [3.63, 3.8) is 0 Å². The van der Waals surface area contributed by atoms with E-state index < -0.39 is 0 Å². The molecule has 0 aromatic carbocycles. The number of aryl methyl sites for hydroxylation is 1. The molecule has 0 radical (unpaired) electrons. The SMILES string of the molecule is Cc1noc([C@@H]2CN3CCC[C@@H]2C3)n1. The van der Waals surface area contributed by atoms with Gasteiger partial charge in [0, 0.05) is 13.1 Å². The molecule has 1 aromatic heterocycles. The molecule has 0 saturated carbocycles. The first-order chi connectivity index (χ1) is 6.83. The fraction of sp³-hybridized carbons (Fsp3) is 0.800. The maximum Gasteiger partial charge on any atom is 0.231 e. The van der Waals surface area contributed by atoms with Gasteiger partial charge in [0.25, 0.3) is 0 Å². The number of hydrogen-bond acceptors (Lipinski definition) is 4. The Bertz CT molecular complexity index is 336. The standard InChI is InChI=1S/C10H15N3O/c1-7-11-10(14-12-7)9-6-13-4-2-3-8(9)5-13/h8-9H,2-6H2,1H3/t8-,9-/m1/s1. The van der Waals surface area contributed by atoms with Gasteiger partial charge in [0.05, 0.1) is 5.92 Å². The molecule has 3 atom stereocenters. The van der Waals surface area contributed by atoms with E-state index >= 15 is 0 Å². The molecule has 2 aliphatic rings. The van der Waals surface area contributed by atoms with Crippen LogP contribution in [0.4, 0.5) is 0 Å². The summed E-state index contributed by atoms with van der Waals surface area (Å²) in [6.07, 6.45) is 2.65. The lowest BCUT2D eigenvalue weighted by atomic mass is 9.91. The molecule has 1 unspecified atom stereocenters. The predicted molar refractivity (Wildman–Crippen MR) is 50.9 cm³/mol. The van der Waals surface area contributed by atoms with E-state index in [1.54, 1.807) is 0 Å². The normalized spacial score (nSPS) is 36.2. The lowest BCUT2D eigenvalue weighted by Gasteiger charge is -2.21. The van der Waals surface area contributed by atoms with Crippen LogP contribution in [0.5, 0.6) is 0 Å². The summed E-state index contributed by atoms with van der Waals surface area (Å²) in [4.78, 5) is 6.86. The first-order valence-electron chi connectivity index (χ1n) is 5.35. The molecule has 0 aliphatic carbocycles. The van der Waals surface area contributed by atoms with Gasteiger partial charge in [-0.05, 0) is 32.2 Å². The van der Waals surface area contributed by atoms with Crippen LogP contribution in [0.3, 0.4) is 0 Å². The van der Waals surface area contributed by atoms with Gasteiger partial charge in [-0.2, -0.15) is 4.98 Å². The number of nitrogens with zero attached hydrogens (tertiary/aromatic N) is 3. The predicted octanol–water partition coefficient (Wildman–Crippen LogP) is 1.19. The molecular formula is C10H15N3O. The van der Waals surface area contributed by atoms with Gasteiger partial charge in [-0.25, -0.2) is 0 Å². The molecule has 2 bridgehead atoms. The van der Waals surface area contributed by atoms with Crippen LogP contribution < -0.4 is 0 Å². The summed E-state index contributed by atoms with van der Waals surface area (Å²) in [7, 11) is 0. The van der Waals surface area contributed by atoms with Gasteiger partial charge in [-0.15, -0.1) is 0 Å². The second kappa shape index (κ2) is 3.05. The van der Waals surface area contributed by atoms with Crippen molar-refractivity contribution in [1.82, 2.24) is 15.0 Å². The van der Waals surface area contributed by atoms with E-state index in [9.17, 15) is 0 Å². The molecule has 4 nitrogen and oxygen atoms in total. The van der Waals surface area contributed by atoms with Crippen LogP contribution in [0, 0.1) is 12.8 Å². The van der Waals surface area contributed by atoms with Gasteiger partial charge in [-0.1, -0.05) is 5.16 Å². The minimum atomic E-state index is 0.499. The molecule has 4 heteroatoms. The highest BCUT2D eigenvalue weighted by Gasteiger charge is 2.39. The number of piperidine rings is 1. The Morgan fingerprint density at radius 2 is 2.36 bits per heavy atom. The highest BCUT2D eigenvalue weighted by Crippen LogP contribution is 2.37. The second-order valence-electron chi connectivity index (χ2n) is 4.45. The van der Waals surface area contributed by atoms with Crippen molar-refractivity contribution >= 4 is 0 Å². The Morgan fingerprint density at radius 3 is 3.07 bits per heavy atom. The van der Waals surface area contributed by atoms with Crippen LogP contribution >= 0.6 is 0 Å². The smallest absolute Gasteiger partial charge is 0.231 e. The Morgan fingerprint density at radius 1 is 1.43 bits per heavy atom. The van der Waals surface area contributed by atoms with Gasteiger partial charge in [-0.3, -0.25) is 0 Å². The van der Waals surface area contributed by atoms with E-state index in [-0.39, 0.29) is 0 Å². The first-order valence-corrected chi connectivity index (χ1v) is 5.35. The molecule has 0 spiro atoms. The fourth-order valence-corrected chi connectivity index (χ4v) is 2.76. The molecule has 1 aromatic rings. The van der Waals surface area contributed by atoms with Crippen LogP contribution in [0.2, 0.25) is 0 Å². The maximum atomic E-state index is 5.27. The summed E-state index contributed by atoms with van der Waals surface area (Å²) in [6.45, 7) is 5.48. The van der Waals surface area contributed by atoms with E-state index in [0.29, 0.717) is 5.92 Å². The number of fused-ring (bicyclic) bond motifs is 2. The molecular weight excluding hydrogens is 178 g/mol. The number of hydrogen-bond donors (Lipinski definition) is 0. The topological polar surface area (TPSA) is 42.2 Å². The van der Waals surface area contributed by atoms with Crippen LogP contribution in [-0.4, -0.2) is 34.7 Å². The van der Waals surface area contributed by atoms with Gasteiger partial charge in [0.2, 0.25) is 5.89 Å². The summed E-state index contributed by atoms with van der Waals surface area (Å²) in [5.41, 5.74) is 0. The Kier molecular flexibility index (Phi) is 1.83. The Labute approximate surface area is 83.3 Å². The lowest BCUT2D eigenvalue weighted by Crippen LogP contribution is -2.25. The third kappa shape index (κ3) is 1.25. The van der Waals surface area contributed by atoms with Gasteiger partial charge in [0.1, 0.15) is 0 Å². The van der Waals surface area contributed by atoms with E-state index in [2.05, 4.69) is 15.0 Å². The van der Waals surface area contributed by atoms with Gasteiger partial charge < -0.3 is 9.42 Å². The van der Waals surface area contributed by atoms with Crippen molar-refractivity contribution < 1.29 is 4.52 Å². The highest BCUT2D eigenvalue weighted by atomic mass is 16.5. The van der Waals surface area contributed by atoms with Crippen molar-refractivity contribution in [2.24, 2.45) is 5.92 Å². The summed E-state index contributed by atoms with van der Waals surface area (Å²) in [5.74, 6) is 2.87. The molecule has 2 saturated heterocycles. The lowest BCUT2D eigenvalue weighted by molar-refractivity contribution is 0.268. The minimum absolute atomic E-state index is 0.499. The zero-order chi connectivity index (χ0) is 9.54. The van der Waals surface area contributed by atoms with Crippen LogP contribution in [0.1, 0.15) is 30.5 Å². The van der Waals surface area contributed by atoms with Crippen LogP contribution in [0.15, 0.2) is 4.52 Å².